The molecule has 4 rings (SSSR count). The number of hydrogen-bond acceptors (Lipinski definition) is 6. The fourth-order valence-electron chi connectivity index (χ4n) is 3.49. The van der Waals surface area contributed by atoms with Crippen LogP contribution in [0.3, 0.4) is 0 Å². The molecule has 2 aromatic heterocycles. The van der Waals surface area contributed by atoms with Crippen molar-refractivity contribution >= 4 is 28.6 Å². The largest absolute Gasteiger partial charge is 0.341 e. The molecule has 1 aliphatic heterocycles. The lowest BCUT2D eigenvalue weighted by Gasteiger charge is -2.22. The van der Waals surface area contributed by atoms with Crippen LogP contribution in [0, 0.1) is 11.3 Å². The summed E-state index contributed by atoms with van der Waals surface area (Å²) in [5.41, 5.74) is 3.88. The van der Waals surface area contributed by atoms with Crippen LogP contribution < -0.4 is 0 Å². The molecule has 1 saturated heterocycles. The van der Waals surface area contributed by atoms with Crippen LogP contribution in [0.15, 0.2) is 46.5 Å². The van der Waals surface area contributed by atoms with Gasteiger partial charge in [-0.15, -0.1) is 11.3 Å². The van der Waals surface area contributed by atoms with Gasteiger partial charge in [-0.1, -0.05) is 12.1 Å². The van der Waals surface area contributed by atoms with Crippen molar-refractivity contribution in [3.63, 3.8) is 0 Å². The van der Waals surface area contributed by atoms with E-state index in [9.17, 15) is 4.79 Å². The maximum Gasteiger partial charge on any atom is 0.228 e. The number of aromatic nitrogens is 1. The molecule has 1 amide bonds. The van der Waals surface area contributed by atoms with Crippen LogP contribution in [-0.2, 0) is 17.8 Å². The van der Waals surface area contributed by atoms with Crippen LogP contribution in [0.5, 0.6) is 0 Å². The summed E-state index contributed by atoms with van der Waals surface area (Å²) in [6.45, 7) is 4.23. The molecule has 5 nitrogen and oxygen atoms in total. The van der Waals surface area contributed by atoms with Crippen LogP contribution in [0.4, 0.5) is 0 Å². The Hall–Kier alpha value is -2.53. The van der Waals surface area contributed by atoms with E-state index in [4.69, 9.17) is 5.26 Å². The minimum Gasteiger partial charge on any atom is -0.341 e. The average Bonchev–Trinajstić information content (AvgIpc) is 3.37. The van der Waals surface area contributed by atoms with E-state index >= 15 is 0 Å². The van der Waals surface area contributed by atoms with Crippen LogP contribution >= 0.6 is 22.7 Å². The van der Waals surface area contributed by atoms with Gasteiger partial charge in [0.15, 0.2) is 0 Å². The standard InChI is InChI=1S/C22H22N4OS2/c23-13-17-2-4-18(5-3-17)14-25-7-1-8-26(10-9-25)21(27)12-20-16-29-22(24-20)19-6-11-28-15-19/h2-6,11,15-16H,1,7-10,12,14H2. The fraction of sp³-hybridized carbons (Fsp3) is 0.318. The third-order valence-electron chi connectivity index (χ3n) is 5.08. The normalized spacial score (nSPS) is 15.1. The quantitative estimate of drug-likeness (QED) is 0.623. The van der Waals surface area contributed by atoms with Crippen molar-refractivity contribution < 1.29 is 4.79 Å². The van der Waals surface area contributed by atoms with Gasteiger partial charge < -0.3 is 4.90 Å². The van der Waals surface area contributed by atoms with E-state index in [1.165, 1.54) is 5.56 Å². The monoisotopic (exact) mass is 422 g/mol. The predicted molar refractivity (Wildman–Crippen MR) is 117 cm³/mol. The van der Waals surface area contributed by atoms with E-state index in [0.29, 0.717) is 12.0 Å². The van der Waals surface area contributed by atoms with E-state index in [1.807, 2.05) is 39.9 Å². The van der Waals surface area contributed by atoms with Crippen molar-refractivity contribution in [1.82, 2.24) is 14.8 Å². The number of nitriles is 1. The lowest BCUT2D eigenvalue weighted by Crippen LogP contribution is -2.36. The summed E-state index contributed by atoms with van der Waals surface area (Å²) in [5, 5.41) is 16.0. The topological polar surface area (TPSA) is 60.2 Å². The number of benzene rings is 1. The molecular formula is C22H22N4OS2. The second-order valence-electron chi connectivity index (χ2n) is 7.15. The lowest BCUT2D eigenvalue weighted by atomic mass is 10.1. The summed E-state index contributed by atoms with van der Waals surface area (Å²) in [6.07, 6.45) is 1.34. The van der Waals surface area contributed by atoms with Gasteiger partial charge in [-0.2, -0.15) is 16.6 Å². The van der Waals surface area contributed by atoms with E-state index in [1.54, 1.807) is 22.7 Å². The van der Waals surface area contributed by atoms with Crippen molar-refractivity contribution in [2.45, 2.75) is 19.4 Å². The highest BCUT2D eigenvalue weighted by Gasteiger charge is 2.20. The number of amides is 1. The minimum atomic E-state index is 0.160. The Bertz CT molecular complexity index is 989. The van der Waals surface area contributed by atoms with Gasteiger partial charge in [0.2, 0.25) is 5.91 Å². The first kappa shape index (κ1) is 19.8. The highest BCUT2D eigenvalue weighted by molar-refractivity contribution is 7.14. The molecule has 1 aromatic carbocycles. The summed E-state index contributed by atoms with van der Waals surface area (Å²) in [4.78, 5) is 21.8. The molecule has 29 heavy (non-hydrogen) atoms. The van der Waals surface area contributed by atoms with Crippen molar-refractivity contribution in [1.29, 1.82) is 5.26 Å². The van der Waals surface area contributed by atoms with Gasteiger partial charge in [-0.3, -0.25) is 9.69 Å². The van der Waals surface area contributed by atoms with Gasteiger partial charge in [0.1, 0.15) is 5.01 Å². The molecule has 148 valence electrons. The number of rotatable bonds is 5. The van der Waals surface area contributed by atoms with E-state index in [0.717, 1.165) is 55.4 Å². The average molecular weight is 423 g/mol. The molecule has 0 aliphatic carbocycles. The summed E-state index contributed by atoms with van der Waals surface area (Å²) < 4.78 is 0. The highest BCUT2D eigenvalue weighted by atomic mass is 32.1. The van der Waals surface area contributed by atoms with Crippen molar-refractivity contribution in [2.75, 3.05) is 26.2 Å². The zero-order chi connectivity index (χ0) is 20.1. The van der Waals surface area contributed by atoms with Crippen molar-refractivity contribution in [2.24, 2.45) is 0 Å². The van der Waals surface area contributed by atoms with E-state index in [-0.39, 0.29) is 5.91 Å². The summed E-state index contributed by atoms with van der Waals surface area (Å²) in [6, 6.07) is 12.0. The minimum absolute atomic E-state index is 0.160. The zero-order valence-electron chi connectivity index (χ0n) is 16.1. The maximum atomic E-state index is 12.8. The molecule has 1 fully saturated rings. The first-order chi connectivity index (χ1) is 14.2. The Morgan fingerprint density at radius 1 is 1.10 bits per heavy atom. The first-order valence-corrected chi connectivity index (χ1v) is 11.5. The molecule has 1 aliphatic rings. The first-order valence-electron chi connectivity index (χ1n) is 9.67. The molecule has 0 saturated carbocycles. The van der Waals surface area contributed by atoms with Gasteiger partial charge in [0.25, 0.3) is 0 Å². The predicted octanol–water partition coefficient (Wildman–Crippen LogP) is 4.02. The summed E-state index contributed by atoms with van der Waals surface area (Å²) >= 11 is 3.26. The van der Waals surface area contributed by atoms with Crippen LogP contribution in [0.2, 0.25) is 0 Å². The Morgan fingerprint density at radius 3 is 2.72 bits per heavy atom. The third-order valence-corrected chi connectivity index (χ3v) is 6.71. The number of nitrogens with zero attached hydrogens (tertiary/aromatic N) is 4. The van der Waals surface area contributed by atoms with Crippen LogP contribution in [0.1, 0.15) is 23.2 Å². The Balaban J connectivity index is 1.31. The molecule has 0 spiro atoms. The third kappa shape index (κ3) is 5.10. The summed E-state index contributed by atoms with van der Waals surface area (Å²) in [7, 11) is 0. The second kappa shape index (κ2) is 9.31. The number of carbonyl (C=O) groups excluding carboxylic acids is 1. The van der Waals surface area contributed by atoms with Gasteiger partial charge in [0, 0.05) is 49.0 Å². The maximum absolute atomic E-state index is 12.8. The lowest BCUT2D eigenvalue weighted by molar-refractivity contribution is -0.130. The Kier molecular flexibility index (Phi) is 6.35. The molecule has 0 radical (unpaired) electrons. The molecule has 0 bridgehead atoms. The number of thiophene rings is 1. The van der Waals surface area contributed by atoms with E-state index < -0.39 is 0 Å². The molecule has 0 atom stereocenters. The SMILES string of the molecule is N#Cc1ccc(CN2CCCN(C(=O)Cc3csc(-c4ccsc4)n3)CC2)cc1. The molecule has 0 N–H and O–H groups in total. The summed E-state index contributed by atoms with van der Waals surface area (Å²) in [5.74, 6) is 0.160. The van der Waals surface area contributed by atoms with Crippen molar-refractivity contribution in [3.05, 3.63) is 63.3 Å². The van der Waals surface area contributed by atoms with Gasteiger partial charge in [0.05, 0.1) is 23.7 Å². The zero-order valence-corrected chi connectivity index (χ0v) is 17.7. The number of hydrogen-bond donors (Lipinski definition) is 0. The van der Waals surface area contributed by atoms with Crippen molar-refractivity contribution in [3.8, 4) is 16.6 Å². The molecular weight excluding hydrogens is 400 g/mol. The van der Waals surface area contributed by atoms with Gasteiger partial charge in [-0.25, -0.2) is 4.98 Å². The van der Waals surface area contributed by atoms with Crippen LogP contribution in [-0.4, -0.2) is 46.9 Å². The fourth-order valence-corrected chi connectivity index (χ4v) is 5.03. The Labute approximate surface area is 178 Å². The van der Waals surface area contributed by atoms with E-state index in [2.05, 4.69) is 27.4 Å². The molecule has 3 aromatic rings. The van der Waals surface area contributed by atoms with Gasteiger partial charge >= 0.3 is 0 Å². The highest BCUT2D eigenvalue weighted by Crippen LogP contribution is 2.26. The second-order valence-corrected chi connectivity index (χ2v) is 8.79. The Morgan fingerprint density at radius 2 is 1.97 bits per heavy atom. The van der Waals surface area contributed by atoms with Crippen LogP contribution in [0.25, 0.3) is 10.6 Å². The number of carbonyl (C=O) groups is 1. The smallest absolute Gasteiger partial charge is 0.228 e. The molecule has 3 heterocycles. The number of thiazole rings is 1. The van der Waals surface area contributed by atoms with Gasteiger partial charge in [-0.05, 0) is 35.6 Å². The molecule has 0 unspecified atom stereocenters. The molecule has 7 heteroatoms.